The predicted octanol–water partition coefficient (Wildman–Crippen LogP) is 6.51. The molecule has 0 spiro atoms. The molecule has 0 aromatic rings. The number of alkyl halides is 6. The van der Waals surface area contributed by atoms with E-state index < -0.39 is 22.0 Å². The Morgan fingerprint density at radius 3 is 1.94 bits per heavy atom. The lowest BCUT2D eigenvalue weighted by atomic mass is 10.1. The van der Waals surface area contributed by atoms with Gasteiger partial charge in [0.15, 0.2) is 0 Å². The highest BCUT2D eigenvalue weighted by atomic mass is 79.9. The van der Waals surface area contributed by atoms with Crippen molar-refractivity contribution in [2.75, 3.05) is 0 Å². The number of hydrogen-bond acceptors (Lipinski definition) is 0. The monoisotopic (exact) mass is 398 g/mol. The van der Waals surface area contributed by atoms with E-state index in [1.54, 1.807) is 15.9 Å². The molecule has 0 saturated carbocycles. The Hall–Kier alpha value is 0.680. The van der Waals surface area contributed by atoms with Crippen LogP contribution in [0.2, 0.25) is 0 Å². The van der Waals surface area contributed by atoms with Crippen LogP contribution in [-0.4, -0.2) is 15.6 Å². The lowest BCUT2D eigenvalue weighted by molar-refractivity contribution is -0.150. The molecule has 18 heavy (non-hydrogen) atoms. The molecule has 6 heteroatoms. The smallest absolute Gasteiger partial charge is 0.199 e. The lowest BCUT2D eigenvalue weighted by Gasteiger charge is -2.23. The average molecular weight is 400 g/mol. The van der Waals surface area contributed by atoms with Crippen LogP contribution >= 0.6 is 31.9 Å². The molecule has 0 aliphatic rings. The summed E-state index contributed by atoms with van der Waals surface area (Å²) in [4.78, 5) is -4.70. The summed E-state index contributed by atoms with van der Waals surface area (Å²) in [5.41, 5.74) is 0. The zero-order valence-corrected chi connectivity index (χ0v) is 13.7. The number of hydrogen-bond donors (Lipinski definition) is 0. The van der Waals surface area contributed by atoms with Gasteiger partial charge in [-0.05, 0) is 22.4 Å². The molecule has 110 valence electrons. The molecule has 0 rings (SSSR count). The molecule has 0 fully saturated rings. The van der Waals surface area contributed by atoms with Gasteiger partial charge in [-0.1, -0.05) is 61.4 Å². The summed E-state index contributed by atoms with van der Waals surface area (Å²) in [5, 5.41) is 0. The molecule has 0 nitrogen and oxygen atoms in total. The molecule has 0 amide bonds. The van der Waals surface area contributed by atoms with Crippen LogP contribution in [0.5, 0.6) is 0 Å². The summed E-state index contributed by atoms with van der Waals surface area (Å²) in [7, 11) is 0. The van der Waals surface area contributed by atoms with Crippen LogP contribution in [0.3, 0.4) is 0 Å². The lowest BCUT2D eigenvalue weighted by Crippen LogP contribution is -2.37. The second-order valence-corrected chi connectivity index (χ2v) is 6.85. The van der Waals surface area contributed by atoms with Gasteiger partial charge in [-0.3, -0.25) is 0 Å². The Balaban J connectivity index is 3.74. The highest BCUT2D eigenvalue weighted by Gasteiger charge is 2.54. The summed E-state index contributed by atoms with van der Waals surface area (Å²) >= 11 is 4.79. The standard InChI is InChI=1S/C12H20Br2F4/c1-2-3-4-5-6-7-8-10(13)9-11(15,16)12(14,17)18/h10H,2-9H2,1H3. The maximum Gasteiger partial charge on any atom is 0.363 e. The van der Waals surface area contributed by atoms with E-state index in [1.165, 1.54) is 6.42 Å². The van der Waals surface area contributed by atoms with Gasteiger partial charge in [0.1, 0.15) is 0 Å². The minimum absolute atomic E-state index is 0.505. The Morgan fingerprint density at radius 1 is 0.944 bits per heavy atom. The van der Waals surface area contributed by atoms with Gasteiger partial charge in [0.05, 0.1) is 0 Å². The van der Waals surface area contributed by atoms with Crippen LogP contribution in [0.4, 0.5) is 17.6 Å². The third-order valence-electron chi connectivity index (χ3n) is 2.76. The van der Waals surface area contributed by atoms with E-state index in [0.29, 0.717) is 6.42 Å². The molecule has 0 bridgehead atoms. The fourth-order valence-corrected chi connectivity index (χ4v) is 2.53. The molecule has 0 N–H and O–H groups in total. The normalized spacial score (nSPS) is 14.8. The Labute approximate surface area is 123 Å². The molecule has 0 radical (unpaired) electrons. The topological polar surface area (TPSA) is 0 Å². The molecule has 0 aromatic heterocycles. The summed E-state index contributed by atoms with van der Waals surface area (Å²) in [5.74, 6) is -4.01. The van der Waals surface area contributed by atoms with Crippen LogP contribution < -0.4 is 0 Å². The fourth-order valence-electron chi connectivity index (χ4n) is 1.64. The van der Waals surface area contributed by atoms with Gasteiger partial charge >= 0.3 is 10.8 Å². The zero-order valence-electron chi connectivity index (χ0n) is 10.5. The quantitative estimate of drug-likeness (QED) is 0.223. The first-order chi connectivity index (χ1) is 8.20. The minimum atomic E-state index is -4.13. The predicted molar refractivity (Wildman–Crippen MR) is 74.1 cm³/mol. The van der Waals surface area contributed by atoms with Crippen molar-refractivity contribution in [3.8, 4) is 0 Å². The highest BCUT2D eigenvalue weighted by molar-refractivity contribution is 9.10. The largest absolute Gasteiger partial charge is 0.363 e. The third-order valence-corrected chi connectivity index (χ3v) is 4.13. The van der Waals surface area contributed by atoms with Gasteiger partial charge in [0.25, 0.3) is 0 Å². The van der Waals surface area contributed by atoms with Crippen molar-refractivity contribution < 1.29 is 17.6 Å². The van der Waals surface area contributed by atoms with Crippen molar-refractivity contribution in [3.05, 3.63) is 0 Å². The van der Waals surface area contributed by atoms with Crippen LogP contribution in [0.25, 0.3) is 0 Å². The molecule has 0 heterocycles. The number of halogens is 6. The molecule has 1 unspecified atom stereocenters. The van der Waals surface area contributed by atoms with Crippen molar-refractivity contribution in [1.29, 1.82) is 0 Å². The van der Waals surface area contributed by atoms with Crippen molar-refractivity contribution in [3.63, 3.8) is 0 Å². The van der Waals surface area contributed by atoms with Gasteiger partial charge in [0.2, 0.25) is 0 Å². The minimum Gasteiger partial charge on any atom is -0.199 e. The second kappa shape index (κ2) is 8.77. The second-order valence-electron chi connectivity index (χ2n) is 4.56. The van der Waals surface area contributed by atoms with Crippen LogP contribution in [0, 0.1) is 0 Å². The van der Waals surface area contributed by atoms with Crippen molar-refractivity contribution in [1.82, 2.24) is 0 Å². The zero-order chi connectivity index (χ0) is 14.2. The molecule has 0 saturated heterocycles. The van der Waals surface area contributed by atoms with Gasteiger partial charge in [-0.15, -0.1) is 0 Å². The van der Waals surface area contributed by atoms with E-state index in [1.807, 2.05) is 0 Å². The average Bonchev–Trinajstić information content (AvgIpc) is 2.20. The molecule has 0 aliphatic heterocycles. The summed E-state index contributed by atoms with van der Waals surface area (Å²) in [6.45, 7) is 2.12. The van der Waals surface area contributed by atoms with Gasteiger partial charge < -0.3 is 0 Å². The SMILES string of the molecule is CCCCCCCCC(Br)CC(F)(F)C(F)(F)Br. The van der Waals surface area contributed by atoms with Crippen LogP contribution in [-0.2, 0) is 0 Å². The highest BCUT2D eigenvalue weighted by Crippen LogP contribution is 2.43. The third kappa shape index (κ3) is 7.97. The summed E-state index contributed by atoms with van der Waals surface area (Å²) in [6.07, 6.45) is 6.00. The number of unbranched alkanes of at least 4 members (excludes halogenated alkanes) is 5. The number of rotatable bonds is 10. The van der Waals surface area contributed by atoms with Crippen molar-refractivity contribution in [2.24, 2.45) is 0 Å². The van der Waals surface area contributed by atoms with Gasteiger partial charge in [-0.2, -0.15) is 17.6 Å². The van der Waals surface area contributed by atoms with E-state index >= 15 is 0 Å². The maximum atomic E-state index is 13.0. The van der Waals surface area contributed by atoms with Crippen LogP contribution in [0.15, 0.2) is 0 Å². The maximum absolute atomic E-state index is 13.0. The molecule has 0 aliphatic carbocycles. The Morgan fingerprint density at radius 2 is 1.44 bits per heavy atom. The first kappa shape index (κ1) is 18.7. The Bertz CT molecular complexity index is 217. The van der Waals surface area contributed by atoms with Crippen molar-refractivity contribution >= 4 is 31.9 Å². The summed E-state index contributed by atoms with van der Waals surface area (Å²) < 4.78 is 51.1. The van der Waals surface area contributed by atoms with E-state index in [2.05, 4.69) is 22.9 Å². The fraction of sp³-hybridized carbons (Fsp3) is 1.00. The van der Waals surface area contributed by atoms with Crippen LogP contribution in [0.1, 0.15) is 58.3 Å². The van der Waals surface area contributed by atoms with Gasteiger partial charge in [0, 0.05) is 11.2 Å². The first-order valence-corrected chi connectivity index (χ1v) is 8.00. The van der Waals surface area contributed by atoms with E-state index in [0.717, 1.165) is 32.1 Å². The van der Waals surface area contributed by atoms with Gasteiger partial charge in [-0.25, -0.2) is 0 Å². The molecule has 1 atom stereocenters. The van der Waals surface area contributed by atoms with Crippen molar-refractivity contribution in [2.45, 2.75) is 73.9 Å². The molecule has 0 aromatic carbocycles. The molecular weight excluding hydrogens is 380 g/mol. The Kier molecular flexibility index (Phi) is 9.10. The van der Waals surface area contributed by atoms with E-state index in [9.17, 15) is 17.6 Å². The van der Waals surface area contributed by atoms with E-state index in [4.69, 9.17) is 0 Å². The van der Waals surface area contributed by atoms with E-state index in [-0.39, 0.29) is 0 Å². The first-order valence-electron chi connectivity index (χ1n) is 6.29. The summed E-state index contributed by atoms with van der Waals surface area (Å²) in [6, 6.07) is 0. The molecular formula is C12H20Br2F4.